The average Bonchev–Trinajstić information content (AvgIpc) is 3.16. The molecule has 1 amide bonds. The number of carbonyl (C=O) groups excluding carboxylic acids is 1. The maximum atomic E-state index is 14.0. The van der Waals surface area contributed by atoms with Crippen LogP contribution in [0.5, 0.6) is 5.75 Å². The number of carbonyl (C=O) groups is 1. The largest absolute Gasteiger partial charge is 0.488 e. The van der Waals surface area contributed by atoms with Gasteiger partial charge in [-0.25, -0.2) is 14.4 Å². The van der Waals surface area contributed by atoms with Crippen LogP contribution >= 0.6 is 11.3 Å². The van der Waals surface area contributed by atoms with E-state index in [0.29, 0.717) is 46.7 Å². The molecular formula is C23H28FN5O3S. The summed E-state index contributed by atoms with van der Waals surface area (Å²) in [6.07, 6.45) is 3.78. The molecule has 176 valence electrons. The van der Waals surface area contributed by atoms with E-state index in [0.717, 1.165) is 36.8 Å². The van der Waals surface area contributed by atoms with Crippen molar-refractivity contribution in [2.75, 3.05) is 38.7 Å². The molecule has 2 aromatic heterocycles. The van der Waals surface area contributed by atoms with Gasteiger partial charge in [0.1, 0.15) is 34.6 Å². The van der Waals surface area contributed by atoms with E-state index < -0.39 is 0 Å². The first-order valence-electron chi connectivity index (χ1n) is 11.0. The maximum Gasteiger partial charge on any atom is 0.261 e. The highest BCUT2D eigenvalue weighted by atomic mass is 32.1. The van der Waals surface area contributed by atoms with Gasteiger partial charge in [-0.2, -0.15) is 0 Å². The highest BCUT2D eigenvalue weighted by molar-refractivity contribution is 7.20. The zero-order chi connectivity index (χ0) is 23.2. The van der Waals surface area contributed by atoms with Gasteiger partial charge in [0.25, 0.3) is 5.91 Å². The average molecular weight is 474 g/mol. The molecule has 0 unspecified atom stereocenters. The first-order valence-corrected chi connectivity index (χ1v) is 11.9. The SMILES string of the molecule is CNCCCNC(=O)c1sc2ncnc(Nc3ccc(F)cc3OC3CCOCC3)c2c1C. The Labute approximate surface area is 195 Å². The molecular weight excluding hydrogens is 445 g/mol. The van der Waals surface area contributed by atoms with Gasteiger partial charge >= 0.3 is 0 Å². The first-order chi connectivity index (χ1) is 16.1. The highest BCUT2D eigenvalue weighted by Crippen LogP contribution is 2.37. The summed E-state index contributed by atoms with van der Waals surface area (Å²) in [6.45, 7) is 4.57. The summed E-state index contributed by atoms with van der Waals surface area (Å²) >= 11 is 1.33. The topological polar surface area (TPSA) is 97.4 Å². The molecule has 0 spiro atoms. The molecule has 0 atom stereocenters. The van der Waals surface area contributed by atoms with Gasteiger partial charge in [0.05, 0.1) is 29.2 Å². The Morgan fingerprint density at radius 2 is 2.09 bits per heavy atom. The molecule has 0 bridgehead atoms. The normalized spacial score (nSPS) is 14.4. The molecule has 1 aliphatic heterocycles. The number of aryl methyl sites for hydroxylation is 1. The number of benzene rings is 1. The molecule has 3 aromatic rings. The van der Waals surface area contributed by atoms with Crippen molar-refractivity contribution in [3.63, 3.8) is 0 Å². The molecule has 1 aliphatic rings. The zero-order valence-corrected chi connectivity index (χ0v) is 19.6. The number of halogens is 1. The number of anilines is 2. The summed E-state index contributed by atoms with van der Waals surface area (Å²) < 4.78 is 25.5. The molecule has 10 heteroatoms. The fourth-order valence-corrected chi connectivity index (χ4v) is 4.79. The van der Waals surface area contributed by atoms with Crippen LogP contribution in [0.25, 0.3) is 10.2 Å². The molecule has 3 heterocycles. The predicted molar refractivity (Wildman–Crippen MR) is 127 cm³/mol. The molecule has 0 saturated carbocycles. The van der Waals surface area contributed by atoms with E-state index in [2.05, 4.69) is 25.9 Å². The van der Waals surface area contributed by atoms with Gasteiger partial charge in [-0.3, -0.25) is 4.79 Å². The van der Waals surface area contributed by atoms with Crippen molar-refractivity contribution in [3.8, 4) is 5.75 Å². The van der Waals surface area contributed by atoms with Crippen molar-refractivity contribution < 1.29 is 18.7 Å². The van der Waals surface area contributed by atoms with Crippen molar-refractivity contribution in [2.24, 2.45) is 0 Å². The first kappa shape index (κ1) is 23.3. The maximum absolute atomic E-state index is 14.0. The lowest BCUT2D eigenvalue weighted by molar-refractivity contribution is 0.0257. The number of ether oxygens (including phenoxy) is 2. The summed E-state index contributed by atoms with van der Waals surface area (Å²) in [7, 11) is 1.88. The number of nitrogens with one attached hydrogen (secondary N) is 3. The van der Waals surface area contributed by atoms with Crippen molar-refractivity contribution in [1.82, 2.24) is 20.6 Å². The van der Waals surface area contributed by atoms with Crippen LogP contribution in [0.3, 0.4) is 0 Å². The van der Waals surface area contributed by atoms with Crippen LogP contribution < -0.4 is 20.7 Å². The van der Waals surface area contributed by atoms with Crippen molar-refractivity contribution in [1.29, 1.82) is 0 Å². The van der Waals surface area contributed by atoms with Crippen LogP contribution in [-0.4, -0.2) is 55.3 Å². The second kappa shape index (κ2) is 10.9. The van der Waals surface area contributed by atoms with Gasteiger partial charge in [-0.1, -0.05) is 0 Å². The third kappa shape index (κ3) is 5.58. The highest BCUT2D eigenvalue weighted by Gasteiger charge is 2.21. The predicted octanol–water partition coefficient (Wildman–Crippen LogP) is 3.78. The summed E-state index contributed by atoms with van der Waals surface area (Å²) in [5.74, 6) is 0.470. The Kier molecular flexibility index (Phi) is 7.69. The van der Waals surface area contributed by atoms with E-state index in [1.54, 1.807) is 6.07 Å². The van der Waals surface area contributed by atoms with Crippen molar-refractivity contribution in [2.45, 2.75) is 32.3 Å². The Morgan fingerprint density at radius 1 is 1.27 bits per heavy atom. The second-order valence-electron chi connectivity index (χ2n) is 7.87. The Bertz CT molecular complexity index is 1120. The molecule has 1 saturated heterocycles. The van der Waals surface area contributed by atoms with Crippen LogP contribution in [0.2, 0.25) is 0 Å². The lowest BCUT2D eigenvalue weighted by Crippen LogP contribution is -2.26. The molecule has 8 nitrogen and oxygen atoms in total. The smallest absolute Gasteiger partial charge is 0.261 e. The quantitative estimate of drug-likeness (QED) is 0.407. The Hall–Kier alpha value is -2.82. The summed E-state index contributed by atoms with van der Waals surface area (Å²) in [5.41, 5.74) is 1.41. The molecule has 4 rings (SSSR count). The fourth-order valence-electron chi connectivity index (χ4n) is 3.73. The van der Waals surface area contributed by atoms with Gasteiger partial charge in [0, 0.05) is 25.5 Å². The van der Waals surface area contributed by atoms with E-state index in [1.807, 2.05) is 14.0 Å². The van der Waals surface area contributed by atoms with Gasteiger partial charge < -0.3 is 25.4 Å². The summed E-state index contributed by atoms with van der Waals surface area (Å²) in [5, 5.41) is 10.1. The standard InChI is InChI=1S/C23H28FN5O3S/c1-14-19-21(27-13-28-23(19)33-20(14)22(30)26-9-3-8-25-2)29-17-5-4-15(24)12-18(17)32-16-6-10-31-11-7-16/h4-5,12-13,16,25H,3,6-11H2,1-2H3,(H,26,30)(H,27,28,29). The Balaban J connectivity index is 1.59. The monoisotopic (exact) mass is 473 g/mol. The fraction of sp³-hybridized carbons (Fsp3) is 0.435. The number of thiophene rings is 1. The van der Waals surface area contributed by atoms with E-state index in [9.17, 15) is 9.18 Å². The van der Waals surface area contributed by atoms with Crippen molar-refractivity contribution in [3.05, 3.63) is 40.8 Å². The minimum atomic E-state index is -0.376. The number of rotatable bonds is 9. The lowest BCUT2D eigenvalue weighted by atomic mass is 10.1. The number of amides is 1. The minimum absolute atomic E-state index is 0.0346. The molecule has 33 heavy (non-hydrogen) atoms. The van der Waals surface area contributed by atoms with Gasteiger partial charge in [-0.15, -0.1) is 11.3 Å². The Morgan fingerprint density at radius 3 is 2.88 bits per heavy atom. The molecule has 3 N–H and O–H groups in total. The number of fused-ring (bicyclic) bond motifs is 1. The van der Waals surface area contributed by atoms with Crippen LogP contribution in [0.4, 0.5) is 15.9 Å². The summed E-state index contributed by atoms with van der Waals surface area (Å²) in [6, 6.07) is 4.39. The summed E-state index contributed by atoms with van der Waals surface area (Å²) in [4.78, 5) is 22.8. The number of aromatic nitrogens is 2. The molecule has 0 aliphatic carbocycles. The van der Waals surface area contributed by atoms with E-state index in [-0.39, 0.29) is 17.8 Å². The van der Waals surface area contributed by atoms with Gasteiger partial charge in [0.2, 0.25) is 0 Å². The zero-order valence-electron chi connectivity index (χ0n) is 18.7. The van der Waals surface area contributed by atoms with Crippen molar-refractivity contribution >= 4 is 39.0 Å². The van der Waals surface area contributed by atoms with E-state index in [1.165, 1.54) is 29.8 Å². The van der Waals surface area contributed by atoms with E-state index >= 15 is 0 Å². The van der Waals surface area contributed by atoms with E-state index in [4.69, 9.17) is 9.47 Å². The second-order valence-corrected chi connectivity index (χ2v) is 8.87. The molecule has 0 radical (unpaired) electrons. The number of nitrogens with zero attached hydrogens (tertiary/aromatic N) is 2. The lowest BCUT2D eigenvalue weighted by Gasteiger charge is -2.24. The van der Waals surface area contributed by atoms with Crippen LogP contribution in [0.15, 0.2) is 24.5 Å². The molecule has 1 aromatic carbocycles. The number of hydrogen-bond donors (Lipinski definition) is 3. The third-order valence-electron chi connectivity index (χ3n) is 5.48. The van der Waals surface area contributed by atoms with Gasteiger partial charge in [0.15, 0.2) is 0 Å². The van der Waals surface area contributed by atoms with Crippen LogP contribution in [-0.2, 0) is 4.74 Å². The van der Waals surface area contributed by atoms with Gasteiger partial charge in [-0.05, 0) is 44.6 Å². The van der Waals surface area contributed by atoms with Crippen LogP contribution in [0, 0.1) is 12.7 Å². The third-order valence-corrected chi connectivity index (χ3v) is 6.68. The minimum Gasteiger partial charge on any atom is -0.488 e. The number of hydrogen-bond acceptors (Lipinski definition) is 8. The van der Waals surface area contributed by atoms with Crippen LogP contribution in [0.1, 0.15) is 34.5 Å². The molecule has 1 fully saturated rings.